The monoisotopic (exact) mass is 378 g/mol. The van der Waals surface area contributed by atoms with Gasteiger partial charge < -0.3 is 5.32 Å². The number of thioether (sulfide) groups is 1. The second-order valence-electron chi connectivity index (χ2n) is 4.95. The van der Waals surface area contributed by atoms with E-state index in [1.165, 1.54) is 0 Å². The number of nitrogens with zero attached hydrogens (tertiary/aromatic N) is 1. The molecule has 0 saturated heterocycles. The molecule has 0 saturated carbocycles. The van der Waals surface area contributed by atoms with E-state index in [1.54, 1.807) is 11.8 Å². The lowest BCUT2D eigenvalue weighted by molar-refractivity contribution is -0.115. The number of halogens is 1. The quantitative estimate of drug-likeness (QED) is 0.723. The average molecular weight is 379 g/mol. The molecule has 116 valence electrons. The second kappa shape index (κ2) is 8.96. The number of benzene rings is 1. The van der Waals surface area contributed by atoms with Gasteiger partial charge in [0.05, 0.1) is 0 Å². The van der Waals surface area contributed by atoms with Gasteiger partial charge in [-0.1, -0.05) is 22.0 Å². The van der Waals surface area contributed by atoms with E-state index in [2.05, 4.69) is 26.2 Å². The number of hydrogen-bond donors (Lipinski definition) is 1. The van der Waals surface area contributed by atoms with Crippen LogP contribution in [0, 0.1) is 6.92 Å². The summed E-state index contributed by atoms with van der Waals surface area (Å²) >= 11 is 5.24. The first kappa shape index (κ1) is 17.0. The largest absolute Gasteiger partial charge is 0.326 e. The van der Waals surface area contributed by atoms with Crippen LogP contribution >= 0.6 is 27.7 Å². The number of nitrogens with one attached hydrogen (secondary N) is 1. The molecule has 0 aliphatic heterocycles. The molecule has 1 aromatic carbocycles. The molecule has 1 heterocycles. The highest BCUT2D eigenvalue weighted by Crippen LogP contribution is 2.20. The number of aryl methyl sites for hydroxylation is 2. The van der Waals surface area contributed by atoms with Crippen molar-refractivity contribution in [3.05, 3.63) is 58.3 Å². The van der Waals surface area contributed by atoms with E-state index in [0.717, 1.165) is 39.3 Å². The van der Waals surface area contributed by atoms with E-state index in [4.69, 9.17) is 0 Å². The van der Waals surface area contributed by atoms with Gasteiger partial charge in [-0.25, -0.2) is 0 Å². The normalized spacial score (nSPS) is 10.5. The Balaban J connectivity index is 1.64. The maximum absolute atomic E-state index is 11.9. The maximum Gasteiger partial charge on any atom is 0.225 e. The molecule has 2 rings (SSSR count). The fourth-order valence-corrected chi connectivity index (χ4v) is 3.07. The molecule has 0 spiro atoms. The summed E-state index contributed by atoms with van der Waals surface area (Å²) in [7, 11) is 0. The van der Waals surface area contributed by atoms with Gasteiger partial charge in [0.1, 0.15) is 0 Å². The van der Waals surface area contributed by atoms with Crippen molar-refractivity contribution < 1.29 is 4.79 Å². The highest BCUT2D eigenvalue weighted by atomic mass is 79.9. The molecule has 0 aliphatic carbocycles. The van der Waals surface area contributed by atoms with Crippen molar-refractivity contribution in [2.24, 2.45) is 0 Å². The fraction of sp³-hybridized carbons (Fsp3) is 0.294. The third-order valence-electron chi connectivity index (χ3n) is 3.14. The summed E-state index contributed by atoms with van der Waals surface area (Å²) in [5.74, 6) is 1.88. The van der Waals surface area contributed by atoms with Crippen molar-refractivity contribution in [1.29, 1.82) is 0 Å². The topological polar surface area (TPSA) is 42.0 Å². The van der Waals surface area contributed by atoms with Gasteiger partial charge in [0.2, 0.25) is 5.91 Å². The number of pyridine rings is 1. The molecule has 0 atom stereocenters. The molecule has 0 aliphatic rings. The first-order valence-electron chi connectivity index (χ1n) is 7.19. The van der Waals surface area contributed by atoms with E-state index in [0.29, 0.717) is 6.42 Å². The predicted molar refractivity (Wildman–Crippen MR) is 97.4 cm³/mol. The molecule has 1 N–H and O–H groups in total. The molecule has 0 unspecified atom stereocenters. The lowest BCUT2D eigenvalue weighted by Gasteiger charge is -2.07. The van der Waals surface area contributed by atoms with Crippen molar-refractivity contribution in [3.63, 3.8) is 0 Å². The standard InChI is InChI=1S/C17H19BrN2OS/c1-13-12-15(5-6-16(13)18)20-17(21)8-11-22-10-7-14-4-2-3-9-19-14/h2-6,9,12H,7-8,10-11H2,1H3,(H,20,21). The number of carbonyl (C=O) groups is 1. The first-order valence-corrected chi connectivity index (χ1v) is 9.13. The zero-order valence-corrected chi connectivity index (χ0v) is 14.9. The van der Waals surface area contributed by atoms with Crippen LogP contribution in [0.3, 0.4) is 0 Å². The zero-order chi connectivity index (χ0) is 15.8. The van der Waals surface area contributed by atoms with E-state index in [1.807, 2.05) is 49.5 Å². The van der Waals surface area contributed by atoms with Crippen LogP contribution in [0.2, 0.25) is 0 Å². The highest BCUT2D eigenvalue weighted by Gasteiger charge is 2.04. The number of hydrogen-bond acceptors (Lipinski definition) is 3. The lowest BCUT2D eigenvalue weighted by atomic mass is 10.2. The number of rotatable bonds is 7. The van der Waals surface area contributed by atoms with Gasteiger partial charge in [0, 0.05) is 34.2 Å². The molecule has 0 fully saturated rings. The number of amides is 1. The molecular weight excluding hydrogens is 360 g/mol. The summed E-state index contributed by atoms with van der Waals surface area (Å²) in [4.78, 5) is 16.2. The zero-order valence-electron chi connectivity index (χ0n) is 12.5. The summed E-state index contributed by atoms with van der Waals surface area (Å²) in [5.41, 5.74) is 3.07. The molecular formula is C17H19BrN2OS. The molecule has 1 aromatic heterocycles. The van der Waals surface area contributed by atoms with Crippen LogP contribution in [-0.2, 0) is 11.2 Å². The van der Waals surface area contributed by atoms with Gasteiger partial charge in [-0.15, -0.1) is 0 Å². The number of anilines is 1. The van der Waals surface area contributed by atoms with Crippen LogP contribution < -0.4 is 5.32 Å². The molecule has 22 heavy (non-hydrogen) atoms. The van der Waals surface area contributed by atoms with Gasteiger partial charge in [-0.2, -0.15) is 11.8 Å². The number of carbonyl (C=O) groups excluding carboxylic acids is 1. The van der Waals surface area contributed by atoms with E-state index in [-0.39, 0.29) is 5.91 Å². The Morgan fingerprint density at radius 2 is 2.14 bits per heavy atom. The highest BCUT2D eigenvalue weighted by molar-refractivity contribution is 9.10. The second-order valence-corrected chi connectivity index (χ2v) is 7.02. The summed E-state index contributed by atoms with van der Waals surface area (Å²) in [5, 5.41) is 2.93. The molecule has 0 radical (unpaired) electrons. The van der Waals surface area contributed by atoms with Crippen LogP contribution in [0.15, 0.2) is 47.1 Å². The lowest BCUT2D eigenvalue weighted by Crippen LogP contribution is -2.12. The summed E-state index contributed by atoms with van der Waals surface area (Å²) in [6.07, 6.45) is 3.29. The Kier molecular flexibility index (Phi) is 6.93. The first-order chi connectivity index (χ1) is 10.6. The van der Waals surface area contributed by atoms with Crippen LogP contribution in [0.4, 0.5) is 5.69 Å². The SMILES string of the molecule is Cc1cc(NC(=O)CCSCCc2ccccn2)ccc1Br. The van der Waals surface area contributed by atoms with Crippen molar-refractivity contribution in [2.75, 3.05) is 16.8 Å². The Labute approximate surface area is 144 Å². The van der Waals surface area contributed by atoms with E-state index >= 15 is 0 Å². The molecule has 3 nitrogen and oxygen atoms in total. The van der Waals surface area contributed by atoms with Gasteiger partial charge >= 0.3 is 0 Å². The smallest absolute Gasteiger partial charge is 0.225 e. The Morgan fingerprint density at radius 1 is 1.27 bits per heavy atom. The average Bonchev–Trinajstić information content (AvgIpc) is 2.52. The fourth-order valence-electron chi connectivity index (χ4n) is 1.94. The number of aromatic nitrogens is 1. The molecule has 0 bridgehead atoms. The predicted octanol–water partition coefficient (Wildman–Crippen LogP) is 4.46. The van der Waals surface area contributed by atoms with Crippen LogP contribution in [0.1, 0.15) is 17.7 Å². The van der Waals surface area contributed by atoms with E-state index in [9.17, 15) is 4.79 Å². The minimum Gasteiger partial charge on any atom is -0.326 e. The Hall–Kier alpha value is -1.33. The van der Waals surface area contributed by atoms with Gasteiger partial charge in [0.15, 0.2) is 0 Å². The minimum atomic E-state index is 0.0621. The Bertz CT molecular complexity index is 619. The third-order valence-corrected chi connectivity index (χ3v) is 5.02. The maximum atomic E-state index is 11.9. The van der Waals surface area contributed by atoms with Gasteiger partial charge in [-0.05, 0) is 55.0 Å². The van der Waals surface area contributed by atoms with E-state index < -0.39 is 0 Å². The Morgan fingerprint density at radius 3 is 2.86 bits per heavy atom. The molecule has 1 amide bonds. The van der Waals surface area contributed by atoms with Gasteiger partial charge in [0.25, 0.3) is 0 Å². The van der Waals surface area contributed by atoms with Crippen LogP contribution in [-0.4, -0.2) is 22.4 Å². The molecule has 5 heteroatoms. The summed E-state index contributed by atoms with van der Waals surface area (Å²) in [6.45, 7) is 2.01. The summed E-state index contributed by atoms with van der Waals surface area (Å²) < 4.78 is 1.05. The minimum absolute atomic E-state index is 0.0621. The van der Waals surface area contributed by atoms with Crippen molar-refractivity contribution in [3.8, 4) is 0 Å². The molecule has 2 aromatic rings. The van der Waals surface area contributed by atoms with Crippen LogP contribution in [0.5, 0.6) is 0 Å². The summed E-state index contributed by atoms with van der Waals surface area (Å²) in [6, 6.07) is 11.8. The third kappa shape index (κ3) is 5.81. The van der Waals surface area contributed by atoms with Crippen molar-refractivity contribution in [2.45, 2.75) is 19.8 Å². The van der Waals surface area contributed by atoms with Crippen molar-refractivity contribution in [1.82, 2.24) is 4.98 Å². The van der Waals surface area contributed by atoms with Crippen LogP contribution in [0.25, 0.3) is 0 Å². The van der Waals surface area contributed by atoms with Crippen molar-refractivity contribution >= 4 is 39.3 Å². The van der Waals surface area contributed by atoms with Gasteiger partial charge in [-0.3, -0.25) is 9.78 Å².